The van der Waals surface area contributed by atoms with Crippen molar-refractivity contribution < 1.29 is 9.84 Å². The number of nitrogens with one attached hydrogen (secondary N) is 1. The van der Waals surface area contributed by atoms with Crippen molar-refractivity contribution in [2.24, 2.45) is 0 Å². The minimum Gasteiger partial charge on any atom is -0.386 e. The maximum Gasteiger partial charge on any atom is 0.105 e. The van der Waals surface area contributed by atoms with Gasteiger partial charge in [0, 0.05) is 19.1 Å². The lowest BCUT2D eigenvalue weighted by Gasteiger charge is -2.34. The summed E-state index contributed by atoms with van der Waals surface area (Å²) >= 11 is 0. The summed E-state index contributed by atoms with van der Waals surface area (Å²) in [5.41, 5.74) is -0.569. The van der Waals surface area contributed by atoms with Crippen LogP contribution in [-0.4, -0.2) is 36.5 Å². The molecule has 0 saturated carbocycles. The highest BCUT2D eigenvalue weighted by atomic mass is 16.5. The third kappa shape index (κ3) is 1.49. The highest BCUT2D eigenvalue weighted by molar-refractivity contribution is 4.95. The van der Waals surface area contributed by atoms with Gasteiger partial charge < -0.3 is 15.2 Å². The molecule has 2 unspecified atom stereocenters. The van der Waals surface area contributed by atoms with E-state index in [1.54, 1.807) is 0 Å². The van der Waals surface area contributed by atoms with E-state index in [0.717, 1.165) is 19.4 Å². The maximum absolute atomic E-state index is 10.1. The van der Waals surface area contributed by atoms with Gasteiger partial charge in [-0.1, -0.05) is 6.42 Å². The van der Waals surface area contributed by atoms with Crippen molar-refractivity contribution in [3.8, 4) is 0 Å². The molecule has 3 heteroatoms. The van der Waals surface area contributed by atoms with Crippen LogP contribution >= 0.6 is 0 Å². The minimum atomic E-state index is -0.569. The third-order valence-corrected chi connectivity index (χ3v) is 2.99. The van der Waals surface area contributed by atoms with Crippen molar-refractivity contribution in [1.29, 1.82) is 0 Å². The van der Waals surface area contributed by atoms with Crippen LogP contribution in [0.25, 0.3) is 0 Å². The topological polar surface area (TPSA) is 41.5 Å². The monoisotopic (exact) mass is 171 g/mol. The van der Waals surface area contributed by atoms with Gasteiger partial charge in [-0.15, -0.1) is 0 Å². The fourth-order valence-corrected chi connectivity index (χ4v) is 2.16. The Balaban J connectivity index is 1.96. The summed E-state index contributed by atoms with van der Waals surface area (Å²) in [7, 11) is 0. The quantitative estimate of drug-likeness (QED) is 0.595. The van der Waals surface area contributed by atoms with Crippen LogP contribution in [0.2, 0.25) is 0 Å². The summed E-state index contributed by atoms with van der Waals surface area (Å²) in [6.07, 6.45) is 4.37. The molecule has 2 N–H and O–H groups in total. The summed E-state index contributed by atoms with van der Waals surface area (Å²) in [4.78, 5) is 0. The van der Waals surface area contributed by atoms with Crippen molar-refractivity contribution in [3.05, 3.63) is 0 Å². The van der Waals surface area contributed by atoms with Gasteiger partial charge in [-0.3, -0.25) is 0 Å². The van der Waals surface area contributed by atoms with E-state index in [0.29, 0.717) is 13.2 Å². The van der Waals surface area contributed by atoms with Gasteiger partial charge in [-0.05, 0) is 19.4 Å². The van der Waals surface area contributed by atoms with E-state index in [2.05, 4.69) is 5.32 Å². The summed E-state index contributed by atoms with van der Waals surface area (Å²) in [6.45, 7) is 2.28. The Bertz CT molecular complexity index is 149. The number of ether oxygens (including phenoxy) is 1. The summed E-state index contributed by atoms with van der Waals surface area (Å²) < 4.78 is 5.22. The first kappa shape index (κ1) is 8.48. The Morgan fingerprint density at radius 3 is 2.92 bits per heavy atom. The van der Waals surface area contributed by atoms with E-state index in [9.17, 15) is 5.11 Å². The van der Waals surface area contributed by atoms with Gasteiger partial charge >= 0.3 is 0 Å². The molecule has 0 aromatic heterocycles. The average molecular weight is 171 g/mol. The van der Waals surface area contributed by atoms with Gasteiger partial charge in [0.1, 0.15) is 5.60 Å². The van der Waals surface area contributed by atoms with Gasteiger partial charge in [0.25, 0.3) is 0 Å². The Kier molecular flexibility index (Phi) is 2.35. The van der Waals surface area contributed by atoms with Crippen molar-refractivity contribution >= 4 is 0 Å². The molecule has 0 amide bonds. The Morgan fingerprint density at radius 1 is 1.42 bits per heavy atom. The van der Waals surface area contributed by atoms with Crippen LogP contribution in [0.3, 0.4) is 0 Å². The number of rotatable bonds is 1. The molecular formula is C9H17NO2. The second-order valence-corrected chi connectivity index (χ2v) is 3.91. The van der Waals surface area contributed by atoms with Crippen LogP contribution < -0.4 is 5.32 Å². The fourth-order valence-electron chi connectivity index (χ4n) is 2.16. The highest BCUT2D eigenvalue weighted by Crippen LogP contribution is 2.27. The molecule has 2 aliphatic rings. The molecular weight excluding hydrogens is 154 g/mol. The van der Waals surface area contributed by atoms with E-state index in [-0.39, 0.29) is 6.04 Å². The van der Waals surface area contributed by atoms with Crippen LogP contribution in [0.4, 0.5) is 0 Å². The molecule has 2 rings (SSSR count). The van der Waals surface area contributed by atoms with Crippen LogP contribution in [0.5, 0.6) is 0 Å². The fraction of sp³-hybridized carbons (Fsp3) is 1.00. The Hall–Kier alpha value is -0.120. The molecule has 70 valence electrons. The SMILES string of the molecule is OC1(C2CCCCN2)CCOC1. The zero-order chi connectivity index (χ0) is 8.44. The zero-order valence-electron chi connectivity index (χ0n) is 7.38. The van der Waals surface area contributed by atoms with Crippen LogP contribution in [0.1, 0.15) is 25.7 Å². The van der Waals surface area contributed by atoms with Crippen molar-refractivity contribution in [3.63, 3.8) is 0 Å². The van der Waals surface area contributed by atoms with Gasteiger partial charge in [-0.2, -0.15) is 0 Å². The van der Waals surface area contributed by atoms with Crippen molar-refractivity contribution in [1.82, 2.24) is 5.32 Å². The van der Waals surface area contributed by atoms with Crippen LogP contribution in [-0.2, 0) is 4.74 Å². The Morgan fingerprint density at radius 2 is 2.33 bits per heavy atom. The molecule has 0 radical (unpaired) electrons. The molecule has 3 nitrogen and oxygen atoms in total. The molecule has 2 fully saturated rings. The van der Waals surface area contributed by atoms with Gasteiger partial charge in [0.05, 0.1) is 6.61 Å². The van der Waals surface area contributed by atoms with E-state index >= 15 is 0 Å². The molecule has 2 aliphatic heterocycles. The first-order chi connectivity index (χ1) is 5.81. The number of aliphatic hydroxyl groups is 1. The smallest absolute Gasteiger partial charge is 0.105 e. The molecule has 2 saturated heterocycles. The predicted octanol–water partition coefficient (Wildman–Crippen LogP) is 0.280. The van der Waals surface area contributed by atoms with E-state index in [1.165, 1.54) is 12.8 Å². The van der Waals surface area contributed by atoms with Crippen LogP contribution in [0, 0.1) is 0 Å². The third-order valence-electron chi connectivity index (χ3n) is 2.99. The molecule has 12 heavy (non-hydrogen) atoms. The molecule has 2 heterocycles. The summed E-state index contributed by atoms with van der Waals surface area (Å²) in [5, 5.41) is 13.5. The molecule has 0 aromatic carbocycles. The standard InChI is InChI=1S/C9H17NO2/c11-9(4-6-12-7-9)8-3-1-2-5-10-8/h8,10-11H,1-7H2. The van der Waals surface area contributed by atoms with Gasteiger partial charge in [-0.25, -0.2) is 0 Å². The molecule has 2 atom stereocenters. The summed E-state index contributed by atoms with van der Waals surface area (Å²) in [6, 6.07) is 0.272. The Labute approximate surface area is 73.1 Å². The van der Waals surface area contributed by atoms with Crippen molar-refractivity contribution in [2.45, 2.75) is 37.3 Å². The normalized spacial score (nSPS) is 43.2. The molecule has 0 spiro atoms. The second-order valence-electron chi connectivity index (χ2n) is 3.91. The van der Waals surface area contributed by atoms with Gasteiger partial charge in [0.15, 0.2) is 0 Å². The number of piperidine rings is 1. The van der Waals surface area contributed by atoms with Gasteiger partial charge in [0.2, 0.25) is 0 Å². The first-order valence-corrected chi connectivity index (χ1v) is 4.85. The lowest BCUT2D eigenvalue weighted by molar-refractivity contribution is -0.0143. The van der Waals surface area contributed by atoms with Crippen molar-refractivity contribution in [2.75, 3.05) is 19.8 Å². The molecule has 0 aromatic rings. The largest absolute Gasteiger partial charge is 0.386 e. The van der Waals surface area contributed by atoms with E-state index < -0.39 is 5.60 Å². The predicted molar refractivity (Wildman–Crippen MR) is 46.0 cm³/mol. The molecule has 0 aliphatic carbocycles. The molecule has 0 bridgehead atoms. The van der Waals surface area contributed by atoms with Crippen LogP contribution in [0.15, 0.2) is 0 Å². The van der Waals surface area contributed by atoms with E-state index in [4.69, 9.17) is 4.74 Å². The zero-order valence-corrected chi connectivity index (χ0v) is 7.38. The number of hydrogen-bond donors (Lipinski definition) is 2. The van der Waals surface area contributed by atoms with E-state index in [1.807, 2.05) is 0 Å². The average Bonchev–Trinajstić information content (AvgIpc) is 2.55. The lowest BCUT2D eigenvalue weighted by Crippen LogP contribution is -2.53. The summed E-state index contributed by atoms with van der Waals surface area (Å²) in [5.74, 6) is 0. The maximum atomic E-state index is 10.1. The lowest BCUT2D eigenvalue weighted by atomic mass is 9.87. The first-order valence-electron chi connectivity index (χ1n) is 4.85. The minimum absolute atomic E-state index is 0.272. The highest BCUT2D eigenvalue weighted by Gasteiger charge is 2.40. The second kappa shape index (κ2) is 3.32. The number of hydrogen-bond acceptors (Lipinski definition) is 3.